The van der Waals surface area contributed by atoms with Gasteiger partial charge in [0.15, 0.2) is 5.65 Å². The minimum absolute atomic E-state index is 0.172. The molecule has 0 unspecified atom stereocenters. The van der Waals surface area contributed by atoms with Gasteiger partial charge in [-0.3, -0.25) is 4.68 Å². The molecule has 1 aromatic carbocycles. The second kappa shape index (κ2) is 9.67. The van der Waals surface area contributed by atoms with Crippen LogP contribution in [0.5, 0.6) is 0 Å². The number of fused-ring (bicyclic) bond motifs is 1. The van der Waals surface area contributed by atoms with Crippen LogP contribution in [0.15, 0.2) is 36.7 Å². The first-order valence-corrected chi connectivity index (χ1v) is 10.8. The van der Waals surface area contributed by atoms with Gasteiger partial charge < -0.3 is 4.74 Å². The summed E-state index contributed by atoms with van der Waals surface area (Å²) in [6.45, 7) is 5.11. The monoisotopic (exact) mass is 454 g/mol. The molecule has 0 atom stereocenters. The molecule has 3 aromatic heterocycles. The normalized spacial score (nSPS) is 14.3. The van der Waals surface area contributed by atoms with Gasteiger partial charge in [-0.1, -0.05) is 11.6 Å². The van der Waals surface area contributed by atoms with Crippen molar-refractivity contribution >= 4 is 22.8 Å². The largest absolute Gasteiger partial charge is 0.381 e. The Bertz CT molecular complexity index is 1230. The third-order valence-corrected chi connectivity index (χ3v) is 5.60. The van der Waals surface area contributed by atoms with E-state index in [1.165, 1.54) is 6.07 Å². The molecule has 166 valence electrons. The van der Waals surface area contributed by atoms with Gasteiger partial charge in [0.2, 0.25) is 0 Å². The molecule has 0 amide bonds. The smallest absolute Gasteiger partial charge is 0.182 e. The van der Waals surface area contributed by atoms with Gasteiger partial charge in [-0.05, 0) is 51.0 Å². The maximum absolute atomic E-state index is 14.6. The number of hydrogen-bond donors (Lipinski definition) is 0. The summed E-state index contributed by atoms with van der Waals surface area (Å²) in [7, 11) is 1.89. The first kappa shape index (κ1) is 22.2. The van der Waals surface area contributed by atoms with Crippen LogP contribution in [-0.4, -0.2) is 42.9 Å². The highest BCUT2D eigenvalue weighted by Crippen LogP contribution is 2.32. The van der Waals surface area contributed by atoms with Gasteiger partial charge in [0.05, 0.1) is 11.4 Å². The van der Waals surface area contributed by atoms with Gasteiger partial charge in [-0.25, -0.2) is 24.3 Å². The molecule has 0 spiro atoms. The van der Waals surface area contributed by atoms with E-state index in [4.69, 9.17) is 21.3 Å². The lowest BCUT2D eigenvalue weighted by Gasteiger charge is -2.21. The van der Waals surface area contributed by atoms with Crippen molar-refractivity contribution < 1.29 is 9.13 Å². The molecule has 0 aliphatic carbocycles. The molecular formula is C23H24ClFN6O. The average Bonchev–Trinajstić information content (AvgIpc) is 3.26. The molecule has 0 saturated carbocycles. The fraction of sp³-hybridized carbons (Fsp3) is 0.348. The Hall–Kier alpha value is -2.97. The molecule has 4 aromatic rings. The minimum Gasteiger partial charge on any atom is -0.381 e. The van der Waals surface area contributed by atoms with Gasteiger partial charge in [0.25, 0.3) is 0 Å². The lowest BCUT2D eigenvalue weighted by Crippen LogP contribution is -2.17. The SMILES string of the molecule is Cc1nc2nc(C3CCOCC3)nc(-c3ccc(Cl)cc3F)c2nc1C.Cn1cccn1. The molecule has 0 N–H and O–H groups in total. The van der Waals surface area contributed by atoms with Gasteiger partial charge in [-0.15, -0.1) is 0 Å². The van der Waals surface area contributed by atoms with Gasteiger partial charge in [0.1, 0.15) is 22.9 Å². The molecule has 4 heterocycles. The van der Waals surface area contributed by atoms with Crippen LogP contribution in [0.4, 0.5) is 4.39 Å². The van der Waals surface area contributed by atoms with Crippen molar-refractivity contribution in [2.75, 3.05) is 13.2 Å². The van der Waals surface area contributed by atoms with E-state index in [9.17, 15) is 4.39 Å². The summed E-state index contributed by atoms with van der Waals surface area (Å²) >= 11 is 5.91. The first-order valence-electron chi connectivity index (χ1n) is 10.4. The molecule has 1 saturated heterocycles. The zero-order valence-electron chi connectivity index (χ0n) is 18.2. The zero-order valence-corrected chi connectivity index (χ0v) is 19.0. The molecule has 1 aliphatic heterocycles. The highest BCUT2D eigenvalue weighted by atomic mass is 35.5. The number of hydrogen-bond acceptors (Lipinski definition) is 6. The van der Waals surface area contributed by atoms with Crippen LogP contribution in [-0.2, 0) is 11.8 Å². The third kappa shape index (κ3) is 4.92. The fourth-order valence-corrected chi connectivity index (χ4v) is 3.64. The van der Waals surface area contributed by atoms with Crippen molar-refractivity contribution in [1.82, 2.24) is 29.7 Å². The maximum Gasteiger partial charge on any atom is 0.182 e. The van der Waals surface area contributed by atoms with E-state index in [0.717, 1.165) is 24.2 Å². The third-order valence-electron chi connectivity index (χ3n) is 5.37. The highest BCUT2D eigenvalue weighted by molar-refractivity contribution is 6.30. The summed E-state index contributed by atoms with van der Waals surface area (Å²) in [5.74, 6) is 0.406. The minimum atomic E-state index is -0.435. The Morgan fingerprint density at radius 3 is 2.44 bits per heavy atom. The van der Waals surface area contributed by atoms with Crippen molar-refractivity contribution in [3.63, 3.8) is 0 Å². The predicted molar refractivity (Wildman–Crippen MR) is 121 cm³/mol. The van der Waals surface area contributed by atoms with E-state index >= 15 is 0 Å². The number of aromatic nitrogens is 6. The van der Waals surface area contributed by atoms with Crippen molar-refractivity contribution in [3.8, 4) is 11.3 Å². The summed E-state index contributed by atoms with van der Waals surface area (Å²) < 4.78 is 21.8. The van der Waals surface area contributed by atoms with Crippen LogP contribution in [0.1, 0.15) is 36.0 Å². The predicted octanol–water partition coefficient (Wildman–Crippen LogP) is 4.81. The highest BCUT2D eigenvalue weighted by Gasteiger charge is 2.23. The van der Waals surface area contributed by atoms with E-state index in [1.807, 2.05) is 33.2 Å². The Kier molecular flexibility index (Phi) is 6.72. The Morgan fingerprint density at radius 2 is 1.81 bits per heavy atom. The number of aryl methyl sites for hydroxylation is 3. The molecule has 5 rings (SSSR count). The quantitative estimate of drug-likeness (QED) is 0.432. The van der Waals surface area contributed by atoms with Crippen molar-refractivity contribution in [1.29, 1.82) is 0 Å². The van der Waals surface area contributed by atoms with Crippen LogP contribution in [0.25, 0.3) is 22.4 Å². The van der Waals surface area contributed by atoms with Crippen molar-refractivity contribution in [3.05, 3.63) is 64.7 Å². The van der Waals surface area contributed by atoms with Gasteiger partial charge in [0, 0.05) is 49.2 Å². The van der Waals surface area contributed by atoms with E-state index in [-0.39, 0.29) is 5.92 Å². The Balaban J connectivity index is 0.000000354. The molecule has 1 aliphatic rings. The van der Waals surface area contributed by atoms with Crippen molar-refractivity contribution in [2.45, 2.75) is 32.6 Å². The molecule has 7 nitrogen and oxygen atoms in total. The van der Waals surface area contributed by atoms with E-state index in [0.29, 0.717) is 46.5 Å². The van der Waals surface area contributed by atoms with Crippen molar-refractivity contribution in [2.24, 2.45) is 7.05 Å². The molecule has 0 bridgehead atoms. The lowest BCUT2D eigenvalue weighted by atomic mass is 9.99. The standard InChI is InChI=1S/C19H18ClFN4O.C4H6N2/c1-10-11(2)23-19-17(22-10)16(14-4-3-13(20)9-15(14)21)24-18(25-19)12-5-7-26-8-6-12;1-6-4-2-3-5-6/h3-4,9,12H,5-8H2,1-2H3;2-4H,1H3. The van der Waals surface area contributed by atoms with Crippen LogP contribution in [0.3, 0.4) is 0 Å². The fourth-order valence-electron chi connectivity index (χ4n) is 3.48. The van der Waals surface area contributed by atoms with Crippen LogP contribution in [0, 0.1) is 19.7 Å². The zero-order chi connectivity index (χ0) is 22.7. The molecule has 9 heteroatoms. The molecular weight excluding hydrogens is 431 g/mol. The Morgan fingerprint density at radius 1 is 1.06 bits per heavy atom. The summed E-state index contributed by atoms with van der Waals surface area (Å²) in [4.78, 5) is 18.5. The summed E-state index contributed by atoms with van der Waals surface area (Å²) in [5, 5.41) is 4.17. The molecule has 0 radical (unpaired) electrons. The van der Waals surface area contributed by atoms with Gasteiger partial charge >= 0.3 is 0 Å². The molecule has 1 fully saturated rings. The summed E-state index contributed by atoms with van der Waals surface area (Å²) in [6, 6.07) is 6.45. The summed E-state index contributed by atoms with van der Waals surface area (Å²) in [5.41, 5.74) is 3.39. The number of ether oxygens (including phenoxy) is 1. The number of rotatable bonds is 2. The second-order valence-electron chi connectivity index (χ2n) is 7.69. The van der Waals surface area contributed by atoms with Crippen LogP contribution in [0.2, 0.25) is 5.02 Å². The van der Waals surface area contributed by atoms with Gasteiger partial charge in [-0.2, -0.15) is 5.10 Å². The first-order chi connectivity index (χ1) is 15.4. The van der Waals surface area contributed by atoms with E-state index in [2.05, 4.69) is 20.1 Å². The average molecular weight is 455 g/mol. The topological polar surface area (TPSA) is 78.6 Å². The number of nitrogens with zero attached hydrogens (tertiary/aromatic N) is 6. The molecule has 32 heavy (non-hydrogen) atoms. The van der Waals surface area contributed by atoms with Crippen LogP contribution < -0.4 is 0 Å². The van der Waals surface area contributed by atoms with Crippen LogP contribution >= 0.6 is 11.6 Å². The Labute approximate surface area is 190 Å². The number of halogens is 2. The maximum atomic E-state index is 14.6. The van der Waals surface area contributed by atoms with E-state index < -0.39 is 5.82 Å². The van der Waals surface area contributed by atoms with E-state index in [1.54, 1.807) is 23.0 Å². The summed E-state index contributed by atoms with van der Waals surface area (Å²) in [6.07, 6.45) is 5.32. The lowest BCUT2D eigenvalue weighted by molar-refractivity contribution is 0.0836. The second-order valence-corrected chi connectivity index (χ2v) is 8.12. The number of benzene rings is 1.